The Hall–Kier alpha value is -2.52. The maximum Gasteiger partial charge on any atom is 0.417 e. The Balaban J connectivity index is 2.34. The van der Waals surface area contributed by atoms with Crippen LogP contribution in [0.5, 0.6) is 0 Å². The van der Waals surface area contributed by atoms with E-state index in [-0.39, 0.29) is 12.1 Å². The van der Waals surface area contributed by atoms with Gasteiger partial charge in [0, 0.05) is 16.7 Å². The molecule has 0 aromatic heterocycles. The van der Waals surface area contributed by atoms with Gasteiger partial charge in [-0.25, -0.2) is 0 Å². The Labute approximate surface area is 139 Å². The van der Waals surface area contributed by atoms with Gasteiger partial charge in [0.25, 0.3) is 0 Å². The third-order valence-electron chi connectivity index (χ3n) is 3.88. The maximum atomic E-state index is 13.2. The summed E-state index contributed by atoms with van der Waals surface area (Å²) in [7, 11) is 0. The maximum absolute atomic E-state index is 13.2. The first kappa shape index (κ1) is 18.3. The minimum absolute atomic E-state index is 0.154. The molecule has 1 aliphatic rings. The van der Waals surface area contributed by atoms with Crippen LogP contribution in [0, 0.1) is 0 Å². The highest BCUT2D eigenvalue weighted by Crippen LogP contribution is 2.48. The fourth-order valence-corrected chi connectivity index (χ4v) is 2.77. The van der Waals surface area contributed by atoms with Crippen LogP contribution in [0.3, 0.4) is 0 Å². The fraction of sp³-hybridized carbons (Fsp3) is 0.188. The molecule has 1 nitrogen and oxygen atoms in total. The smallest absolute Gasteiger partial charge is 0.289 e. The van der Waals surface area contributed by atoms with Crippen molar-refractivity contribution in [3.63, 3.8) is 0 Å². The van der Waals surface area contributed by atoms with Gasteiger partial charge in [0.1, 0.15) is 0 Å². The van der Waals surface area contributed by atoms with Crippen LogP contribution in [0.1, 0.15) is 32.6 Å². The minimum Gasteiger partial charge on any atom is -0.289 e. The number of fused-ring (bicyclic) bond motifs is 3. The first-order chi connectivity index (χ1) is 11.7. The number of hydrogen-bond acceptors (Lipinski definition) is 1. The van der Waals surface area contributed by atoms with E-state index >= 15 is 0 Å². The predicted octanol–water partition coefficient (Wildman–Crippen LogP) is 5.95. The van der Waals surface area contributed by atoms with Gasteiger partial charge in [-0.2, -0.15) is 39.5 Å². The molecule has 0 radical (unpaired) electrons. The molecule has 10 heteroatoms. The molecule has 26 heavy (non-hydrogen) atoms. The summed E-state index contributed by atoms with van der Waals surface area (Å²) < 4.78 is 117. The second-order valence-corrected chi connectivity index (χ2v) is 5.53. The van der Waals surface area contributed by atoms with Gasteiger partial charge in [-0.3, -0.25) is 4.79 Å². The first-order valence-electron chi connectivity index (χ1n) is 6.80. The number of hydrogen-bond donors (Lipinski definition) is 0. The number of benzene rings is 2. The monoisotopic (exact) mass is 384 g/mol. The summed E-state index contributed by atoms with van der Waals surface area (Å²) in [5, 5.41) is 0. The lowest BCUT2D eigenvalue weighted by atomic mass is 9.95. The van der Waals surface area contributed by atoms with E-state index in [1.807, 2.05) is 0 Å². The van der Waals surface area contributed by atoms with Crippen LogP contribution >= 0.6 is 0 Å². The Bertz CT molecular complexity index is 917. The first-order valence-corrected chi connectivity index (χ1v) is 6.80. The molecular weight excluding hydrogens is 379 g/mol. The molecule has 0 atom stereocenters. The van der Waals surface area contributed by atoms with Crippen molar-refractivity contribution in [1.29, 1.82) is 0 Å². The zero-order chi connectivity index (χ0) is 19.7. The summed E-state index contributed by atoms with van der Waals surface area (Å²) in [6.45, 7) is 0. The van der Waals surface area contributed by atoms with Crippen LogP contribution in [0.2, 0.25) is 0 Å². The highest BCUT2D eigenvalue weighted by Gasteiger charge is 2.44. The minimum atomic E-state index is -5.24. The lowest BCUT2D eigenvalue weighted by Crippen LogP contribution is -2.13. The van der Waals surface area contributed by atoms with Crippen molar-refractivity contribution in [3.8, 4) is 11.1 Å². The van der Waals surface area contributed by atoms with Crippen molar-refractivity contribution < 1.29 is 44.3 Å². The largest absolute Gasteiger partial charge is 0.417 e. The van der Waals surface area contributed by atoms with Crippen molar-refractivity contribution >= 4 is 5.78 Å². The highest BCUT2D eigenvalue weighted by atomic mass is 19.4. The van der Waals surface area contributed by atoms with Gasteiger partial charge < -0.3 is 0 Å². The lowest BCUT2D eigenvalue weighted by Gasteiger charge is -2.16. The number of halogens is 9. The zero-order valence-corrected chi connectivity index (χ0v) is 12.2. The van der Waals surface area contributed by atoms with E-state index in [1.54, 1.807) is 0 Å². The van der Waals surface area contributed by atoms with Gasteiger partial charge in [-0.05, 0) is 29.8 Å². The molecule has 0 aliphatic heterocycles. The molecule has 2 aromatic carbocycles. The molecule has 0 saturated carbocycles. The van der Waals surface area contributed by atoms with Crippen molar-refractivity contribution in [2.24, 2.45) is 0 Å². The van der Waals surface area contributed by atoms with E-state index in [0.29, 0.717) is 18.2 Å². The molecule has 0 amide bonds. The second-order valence-electron chi connectivity index (χ2n) is 5.53. The van der Waals surface area contributed by atoms with Gasteiger partial charge in [0.2, 0.25) is 0 Å². The lowest BCUT2D eigenvalue weighted by molar-refractivity contribution is -0.143. The molecule has 0 spiro atoms. The summed E-state index contributed by atoms with van der Waals surface area (Å²) in [6.07, 6.45) is -15.3. The van der Waals surface area contributed by atoms with Crippen LogP contribution in [0.25, 0.3) is 11.1 Å². The van der Waals surface area contributed by atoms with Gasteiger partial charge in [-0.1, -0.05) is 6.07 Å². The van der Waals surface area contributed by atoms with E-state index in [0.717, 1.165) is 0 Å². The van der Waals surface area contributed by atoms with Gasteiger partial charge in [0.05, 0.1) is 16.7 Å². The molecule has 1 aliphatic carbocycles. The molecule has 0 bridgehead atoms. The molecule has 0 N–H and O–H groups in total. The average molecular weight is 384 g/mol. The molecule has 2 aromatic rings. The highest BCUT2D eigenvalue weighted by molar-refractivity contribution is 6.22. The van der Waals surface area contributed by atoms with Crippen molar-refractivity contribution in [3.05, 3.63) is 58.1 Å². The number of carbonyl (C=O) groups is 1. The van der Waals surface area contributed by atoms with Crippen molar-refractivity contribution in [2.75, 3.05) is 0 Å². The quantitative estimate of drug-likeness (QED) is 0.438. The van der Waals surface area contributed by atoms with E-state index in [1.165, 1.54) is 0 Å². The number of rotatable bonds is 0. The van der Waals surface area contributed by atoms with Gasteiger partial charge in [-0.15, -0.1) is 0 Å². The third-order valence-corrected chi connectivity index (χ3v) is 3.88. The Morgan fingerprint density at radius 1 is 0.577 bits per heavy atom. The van der Waals surface area contributed by atoms with Crippen LogP contribution in [-0.2, 0) is 18.5 Å². The van der Waals surface area contributed by atoms with Crippen LogP contribution < -0.4 is 0 Å². The summed E-state index contributed by atoms with van der Waals surface area (Å²) >= 11 is 0. The molecular formula is C16H5F9O. The Kier molecular flexibility index (Phi) is 3.69. The SMILES string of the molecule is O=C1c2cc(C(F)(F)F)ccc2-c2c1cc(C(F)(F)F)cc2C(F)(F)F. The Morgan fingerprint density at radius 3 is 1.62 bits per heavy atom. The topological polar surface area (TPSA) is 17.1 Å². The normalized spacial score (nSPS) is 14.4. The van der Waals surface area contributed by atoms with E-state index in [4.69, 9.17) is 0 Å². The van der Waals surface area contributed by atoms with Crippen molar-refractivity contribution in [1.82, 2.24) is 0 Å². The van der Waals surface area contributed by atoms with Crippen LogP contribution in [-0.4, -0.2) is 5.78 Å². The zero-order valence-electron chi connectivity index (χ0n) is 12.2. The molecule has 138 valence electrons. The number of alkyl halides is 9. The van der Waals surface area contributed by atoms with Gasteiger partial charge in [0.15, 0.2) is 5.78 Å². The molecule has 0 unspecified atom stereocenters. The standard InChI is InChI=1S/C16H5F9O/c17-14(18,19)6-1-2-8-9(3-6)13(26)10-4-7(15(20,21)22)5-11(12(8)10)16(23,24)25/h1-5H. The number of ketones is 1. The van der Waals surface area contributed by atoms with E-state index < -0.39 is 63.3 Å². The molecule has 0 saturated heterocycles. The molecule has 0 heterocycles. The molecule has 0 fully saturated rings. The summed E-state index contributed by atoms with van der Waals surface area (Å²) in [4.78, 5) is 12.2. The Morgan fingerprint density at radius 2 is 1.12 bits per heavy atom. The summed E-state index contributed by atoms with van der Waals surface area (Å²) in [5.74, 6) is -1.32. The van der Waals surface area contributed by atoms with Crippen LogP contribution in [0.4, 0.5) is 39.5 Å². The van der Waals surface area contributed by atoms with E-state index in [2.05, 4.69) is 0 Å². The number of carbonyl (C=O) groups excluding carboxylic acids is 1. The van der Waals surface area contributed by atoms with E-state index in [9.17, 15) is 44.3 Å². The van der Waals surface area contributed by atoms with Crippen molar-refractivity contribution in [2.45, 2.75) is 18.5 Å². The predicted molar refractivity (Wildman–Crippen MR) is 70.3 cm³/mol. The third kappa shape index (κ3) is 2.82. The average Bonchev–Trinajstić information content (AvgIpc) is 2.77. The summed E-state index contributed by atoms with van der Waals surface area (Å²) in [5.41, 5.74) is -7.71. The molecule has 3 rings (SSSR count). The fourth-order valence-electron chi connectivity index (χ4n) is 2.77. The summed E-state index contributed by atoms with van der Waals surface area (Å²) in [6, 6.07) is 1.54. The van der Waals surface area contributed by atoms with Crippen LogP contribution in [0.15, 0.2) is 30.3 Å². The second kappa shape index (κ2) is 5.24. The van der Waals surface area contributed by atoms with Gasteiger partial charge >= 0.3 is 18.5 Å².